The zero-order valence-electron chi connectivity index (χ0n) is 17.1. The van der Waals surface area contributed by atoms with Gasteiger partial charge in [0.05, 0.1) is 0 Å². The number of carbonyl (C=O) groups excluding carboxylic acids is 2. The molecule has 0 heterocycles. The van der Waals surface area contributed by atoms with Gasteiger partial charge in [0.2, 0.25) is 5.91 Å². The maximum Gasteiger partial charge on any atom is 0.408 e. The van der Waals surface area contributed by atoms with E-state index in [0.717, 1.165) is 5.56 Å². The number of carboxylic acid groups (broad SMARTS) is 1. The molecule has 0 bridgehead atoms. The van der Waals surface area contributed by atoms with Crippen molar-refractivity contribution in [2.45, 2.75) is 39.0 Å². The molecule has 9 heteroatoms. The second-order valence-corrected chi connectivity index (χ2v) is 8.56. The van der Waals surface area contributed by atoms with E-state index in [1.807, 2.05) is 30.3 Å². The molecule has 2 aromatic rings. The predicted molar refractivity (Wildman–Crippen MR) is 121 cm³/mol. The summed E-state index contributed by atoms with van der Waals surface area (Å²) in [5.41, 5.74) is 1.44. The molecule has 0 spiro atoms. The summed E-state index contributed by atoms with van der Waals surface area (Å²) in [4.78, 5) is 36.7. The smallest absolute Gasteiger partial charge is 0.408 e. The predicted octanol–water partition coefficient (Wildman–Crippen LogP) is 4.17. The SMILES string of the molecule is CC(C)[C@H](NC(=O)OCc1ccccc1)C(=O)N[C@H](Cc1cc(Cl)ccc1Br)C(=O)O. The Kier molecular flexibility index (Phi) is 9.33. The number of benzene rings is 2. The Morgan fingerprint density at radius 1 is 1.10 bits per heavy atom. The highest BCUT2D eigenvalue weighted by atomic mass is 79.9. The Morgan fingerprint density at radius 3 is 2.39 bits per heavy atom. The number of nitrogens with one attached hydrogen (secondary N) is 2. The molecule has 0 aliphatic rings. The summed E-state index contributed by atoms with van der Waals surface area (Å²) in [5.74, 6) is -2.11. The molecule has 2 rings (SSSR count). The lowest BCUT2D eigenvalue weighted by Crippen LogP contribution is -2.54. The molecule has 0 aliphatic heterocycles. The molecule has 0 aromatic heterocycles. The van der Waals surface area contributed by atoms with Gasteiger partial charge in [0.15, 0.2) is 0 Å². The molecule has 0 radical (unpaired) electrons. The molecule has 166 valence electrons. The van der Waals surface area contributed by atoms with Gasteiger partial charge < -0.3 is 20.5 Å². The minimum absolute atomic E-state index is 0.0193. The topological polar surface area (TPSA) is 105 Å². The Morgan fingerprint density at radius 2 is 1.77 bits per heavy atom. The van der Waals surface area contributed by atoms with Gasteiger partial charge in [0.25, 0.3) is 0 Å². The van der Waals surface area contributed by atoms with Crippen LogP contribution in [0.3, 0.4) is 0 Å². The van der Waals surface area contributed by atoms with Gasteiger partial charge in [-0.2, -0.15) is 0 Å². The van der Waals surface area contributed by atoms with Crippen molar-refractivity contribution < 1.29 is 24.2 Å². The fraction of sp³-hybridized carbons (Fsp3) is 0.318. The molecular weight excluding hydrogens is 488 g/mol. The molecular formula is C22H24BrClN2O5. The van der Waals surface area contributed by atoms with Crippen molar-refractivity contribution in [2.75, 3.05) is 0 Å². The van der Waals surface area contributed by atoms with Crippen molar-refractivity contribution in [3.05, 3.63) is 69.2 Å². The summed E-state index contributed by atoms with van der Waals surface area (Å²) in [6, 6.07) is 12.0. The van der Waals surface area contributed by atoms with E-state index in [0.29, 0.717) is 15.1 Å². The van der Waals surface area contributed by atoms with Crippen LogP contribution >= 0.6 is 27.5 Å². The average Bonchev–Trinajstić information content (AvgIpc) is 2.72. The van der Waals surface area contributed by atoms with Crippen molar-refractivity contribution in [3.8, 4) is 0 Å². The van der Waals surface area contributed by atoms with Crippen LogP contribution in [0.5, 0.6) is 0 Å². The molecule has 0 aliphatic carbocycles. The number of rotatable bonds is 9. The second kappa shape index (κ2) is 11.7. The normalized spacial score (nSPS) is 12.7. The molecule has 7 nitrogen and oxygen atoms in total. The largest absolute Gasteiger partial charge is 0.480 e. The maximum absolute atomic E-state index is 12.8. The monoisotopic (exact) mass is 510 g/mol. The second-order valence-electron chi connectivity index (χ2n) is 7.27. The van der Waals surface area contributed by atoms with Crippen LogP contribution < -0.4 is 10.6 Å². The summed E-state index contributed by atoms with van der Waals surface area (Å²) in [6.45, 7) is 3.54. The number of hydrogen-bond acceptors (Lipinski definition) is 4. The molecule has 31 heavy (non-hydrogen) atoms. The van der Waals surface area contributed by atoms with Gasteiger partial charge >= 0.3 is 12.1 Å². The van der Waals surface area contributed by atoms with E-state index in [2.05, 4.69) is 26.6 Å². The lowest BCUT2D eigenvalue weighted by Gasteiger charge is -2.24. The first-order valence-electron chi connectivity index (χ1n) is 9.61. The van der Waals surface area contributed by atoms with Gasteiger partial charge in [-0.1, -0.05) is 71.7 Å². The Labute approximate surface area is 194 Å². The number of ether oxygens (including phenoxy) is 1. The van der Waals surface area contributed by atoms with Crippen molar-refractivity contribution in [1.29, 1.82) is 0 Å². The van der Waals surface area contributed by atoms with Crippen LogP contribution in [0, 0.1) is 5.92 Å². The van der Waals surface area contributed by atoms with Gasteiger partial charge in [-0.3, -0.25) is 4.79 Å². The van der Waals surface area contributed by atoms with E-state index in [4.69, 9.17) is 16.3 Å². The first kappa shape index (κ1) is 24.7. The van der Waals surface area contributed by atoms with Crippen LogP contribution in [0.15, 0.2) is 53.0 Å². The molecule has 0 saturated carbocycles. The number of hydrogen-bond donors (Lipinski definition) is 3. The average molecular weight is 512 g/mol. The Balaban J connectivity index is 2.02. The number of carboxylic acids is 1. The van der Waals surface area contributed by atoms with Crippen LogP contribution in [0.2, 0.25) is 5.02 Å². The molecule has 2 atom stereocenters. The number of aliphatic carboxylic acids is 1. The highest BCUT2D eigenvalue weighted by molar-refractivity contribution is 9.10. The van der Waals surface area contributed by atoms with Crippen LogP contribution in [0.4, 0.5) is 4.79 Å². The van der Waals surface area contributed by atoms with Crippen LogP contribution in [0.1, 0.15) is 25.0 Å². The lowest BCUT2D eigenvalue weighted by atomic mass is 10.0. The molecule has 0 saturated heterocycles. The fourth-order valence-electron chi connectivity index (χ4n) is 2.81. The van der Waals surface area contributed by atoms with Crippen molar-refractivity contribution in [3.63, 3.8) is 0 Å². The van der Waals surface area contributed by atoms with Gasteiger partial charge in [-0.15, -0.1) is 0 Å². The van der Waals surface area contributed by atoms with E-state index in [1.54, 1.807) is 32.0 Å². The quantitative estimate of drug-likeness (QED) is 0.469. The first-order valence-corrected chi connectivity index (χ1v) is 10.8. The number of halogens is 2. The molecule has 0 unspecified atom stereocenters. The standard InChI is InChI=1S/C22H24BrClN2O5/c1-13(2)19(26-22(30)31-12-14-6-4-3-5-7-14)20(27)25-18(21(28)29)11-15-10-16(24)8-9-17(15)23/h3-10,13,18-19H,11-12H2,1-2H3,(H,25,27)(H,26,30)(H,28,29)/t18-,19+/m1/s1. The third-order valence-electron chi connectivity index (χ3n) is 4.48. The van der Waals surface area contributed by atoms with E-state index in [9.17, 15) is 19.5 Å². The highest BCUT2D eigenvalue weighted by Crippen LogP contribution is 2.22. The lowest BCUT2D eigenvalue weighted by molar-refractivity contribution is -0.142. The fourth-order valence-corrected chi connectivity index (χ4v) is 3.41. The Bertz CT molecular complexity index is 923. The molecule has 2 amide bonds. The van der Waals surface area contributed by atoms with E-state index in [-0.39, 0.29) is 18.9 Å². The van der Waals surface area contributed by atoms with Gasteiger partial charge in [-0.25, -0.2) is 9.59 Å². The van der Waals surface area contributed by atoms with Gasteiger partial charge in [0, 0.05) is 15.9 Å². The van der Waals surface area contributed by atoms with E-state index < -0.39 is 30.1 Å². The zero-order valence-corrected chi connectivity index (χ0v) is 19.4. The molecule has 3 N–H and O–H groups in total. The van der Waals surface area contributed by atoms with Crippen LogP contribution in [-0.4, -0.2) is 35.2 Å². The van der Waals surface area contributed by atoms with E-state index >= 15 is 0 Å². The number of carbonyl (C=O) groups is 3. The van der Waals surface area contributed by atoms with E-state index in [1.165, 1.54) is 0 Å². The summed E-state index contributed by atoms with van der Waals surface area (Å²) in [6.07, 6.45) is -0.743. The van der Waals surface area contributed by atoms with Crippen molar-refractivity contribution in [2.24, 2.45) is 5.92 Å². The summed E-state index contributed by atoms with van der Waals surface area (Å²) in [5, 5.41) is 15.1. The number of alkyl carbamates (subject to hydrolysis) is 1. The van der Waals surface area contributed by atoms with Crippen LogP contribution in [-0.2, 0) is 27.4 Å². The summed E-state index contributed by atoms with van der Waals surface area (Å²) >= 11 is 9.35. The number of amides is 2. The van der Waals surface area contributed by atoms with Crippen molar-refractivity contribution in [1.82, 2.24) is 10.6 Å². The maximum atomic E-state index is 12.8. The van der Waals surface area contributed by atoms with Gasteiger partial charge in [0.1, 0.15) is 18.7 Å². The Hall–Kier alpha value is -2.58. The third-order valence-corrected chi connectivity index (χ3v) is 5.49. The van der Waals surface area contributed by atoms with Crippen molar-refractivity contribution >= 4 is 45.5 Å². The zero-order chi connectivity index (χ0) is 23.0. The summed E-state index contributed by atoms with van der Waals surface area (Å²) < 4.78 is 5.85. The minimum atomic E-state index is -1.20. The molecule has 2 aromatic carbocycles. The molecule has 0 fully saturated rings. The first-order chi connectivity index (χ1) is 14.7. The summed E-state index contributed by atoms with van der Waals surface area (Å²) in [7, 11) is 0. The minimum Gasteiger partial charge on any atom is -0.480 e. The highest BCUT2D eigenvalue weighted by Gasteiger charge is 2.29. The third kappa shape index (κ3) is 7.88. The van der Waals surface area contributed by atoms with Gasteiger partial charge in [-0.05, 0) is 35.2 Å². The van der Waals surface area contributed by atoms with Crippen LogP contribution in [0.25, 0.3) is 0 Å².